The lowest BCUT2D eigenvalue weighted by Crippen LogP contribution is -1.93. The minimum Gasteiger partial charge on any atom is -0.415 e. The van der Waals surface area contributed by atoms with Crippen molar-refractivity contribution in [2.75, 3.05) is 0 Å². The van der Waals surface area contributed by atoms with Crippen molar-refractivity contribution in [2.24, 2.45) is 0 Å². The summed E-state index contributed by atoms with van der Waals surface area (Å²) in [5.74, 6) is 1.08. The highest BCUT2D eigenvalue weighted by Crippen LogP contribution is 2.27. The van der Waals surface area contributed by atoms with Crippen molar-refractivity contribution in [1.82, 2.24) is 20.0 Å². The van der Waals surface area contributed by atoms with Gasteiger partial charge in [-0.15, -0.1) is 21.5 Å². The molecule has 0 aromatic carbocycles. The van der Waals surface area contributed by atoms with Crippen LogP contribution in [0.25, 0.3) is 22.2 Å². The molecule has 0 radical (unpaired) electrons. The molecule has 0 amide bonds. The molecule has 0 spiro atoms. The van der Waals surface area contributed by atoms with Crippen molar-refractivity contribution in [3.8, 4) is 22.2 Å². The Bertz CT molecular complexity index is 653. The summed E-state index contributed by atoms with van der Waals surface area (Å²) in [6.45, 7) is 4.81. The van der Waals surface area contributed by atoms with Crippen LogP contribution in [-0.4, -0.2) is 20.0 Å². The zero-order valence-electron chi connectivity index (χ0n) is 10.1. The number of hydrogen-bond donors (Lipinski definition) is 0. The van der Waals surface area contributed by atoms with Crippen LogP contribution in [0.2, 0.25) is 0 Å². The highest BCUT2D eigenvalue weighted by atomic mass is 32.1. The Kier molecular flexibility index (Phi) is 2.71. The molecular weight excluding hydrogens is 248 g/mol. The van der Waals surface area contributed by atoms with E-state index in [0.717, 1.165) is 22.7 Å². The van der Waals surface area contributed by atoms with Crippen LogP contribution in [-0.2, 0) is 6.54 Å². The first kappa shape index (κ1) is 11.2. The summed E-state index contributed by atoms with van der Waals surface area (Å²) >= 11 is 1.58. The zero-order chi connectivity index (χ0) is 12.5. The van der Waals surface area contributed by atoms with Gasteiger partial charge in [0.2, 0.25) is 0 Å². The standard InChI is InChI=1S/C12H12N4OS/c1-3-16-7-9(8(2)15-16)11-13-14-12(17-11)10-5-4-6-18-10/h4-7H,3H2,1-2H3. The molecule has 3 rings (SSSR count). The maximum atomic E-state index is 5.69. The molecule has 0 unspecified atom stereocenters. The second kappa shape index (κ2) is 4.38. The van der Waals surface area contributed by atoms with Crippen molar-refractivity contribution < 1.29 is 4.42 Å². The van der Waals surface area contributed by atoms with E-state index in [1.54, 1.807) is 11.3 Å². The van der Waals surface area contributed by atoms with Gasteiger partial charge in [0.1, 0.15) is 0 Å². The summed E-state index contributed by atoms with van der Waals surface area (Å²) in [5, 5.41) is 14.5. The quantitative estimate of drug-likeness (QED) is 0.726. The molecule has 0 N–H and O–H groups in total. The van der Waals surface area contributed by atoms with Gasteiger partial charge < -0.3 is 4.42 Å². The molecule has 92 valence electrons. The summed E-state index contributed by atoms with van der Waals surface area (Å²) in [4.78, 5) is 0.981. The normalized spacial score (nSPS) is 11.0. The molecule has 3 aromatic rings. The van der Waals surface area contributed by atoms with Crippen LogP contribution >= 0.6 is 11.3 Å². The molecule has 0 saturated heterocycles. The third kappa shape index (κ3) is 1.84. The van der Waals surface area contributed by atoms with Gasteiger partial charge in [0, 0.05) is 12.7 Å². The van der Waals surface area contributed by atoms with Crippen molar-refractivity contribution in [3.05, 3.63) is 29.4 Å². The van der Waals surface area contributed by atoms with E-state index in [0.29, 0.717) is 11.8 Å². The molecule has 0 aliphatic heterocycles. The zero-order valence-corrected chi connectivity index (χ0v) is 10.9. The van der Waals surface area contributed by atoms with Gasteiger partial charge >= 0.3 is 0 Å². The lowest BCUT2D eigenvalue weighted by Gasteiger charge is -1.90. The molecule has 18 heavy (non-hydrogen) atoms. The lowest BCUT2D eigenvalue weighted by molar-refractivity contribution is 0.585. The van der Waals surface area contributed by atoms with E-state index in [9.17, 15) is 0 Å². The number of aryl methyl sites for hydroxylation is 2. The first-order chi connectivity index (χ1) is 8.78. The molecule has 5 nitrogen and oxygen atoms in total. The minimum atomic E-state index is 0.524. The van der Waals surface area contributed by atoms with Crippen LogP contribution in [0.5, 0.6) is 0 Å². The molecule has 0 fully saturated rings. The predicted molar refractivity (Wildman–Crippen MR) is 69.2 cm³/mol. The Morgan fingerprint density at radius 2 is 2.17 bits per heavy atom. The van der Waals surface area contributed by atoms with Crippen molar-refractivity contribution >= 4 is 11.3 Å². The highest BCUT2D eigenvalue weighted by Gasteiger charge is 2.15. The maximum absolute atomic E-state index is 5.69. The van der Waals surface area contributed by atoms with E-state index in [2.05, 4.69) is 15.3 Å². The largest absolute Gasteiger partial charge is 0.415 e. The highest BCUT2D eigenvalue weighted by molar-refractivity contribution is 7.13. The number of aromatic nitrogens is 4. The number of rotatable bonds is 3. The second-order valence-corrected chi connectivity index (χ2v) is 4.82. The lowest BCUT2D eigenvalue weighted by atomic mass is 10.3. The fourth-order valence-electron chi connectivity index (χ4n) is 1.72. The first-order valence-corrected chi connectivity index (χ1v) is 6.57. The Morgan fingerprint density at radius 1 is 1.33 bits per heavy atom. The Balaban J connectivity index is 2.00. The van der Waals surface area contributed by atoms with Crippen LogP contribution in [0, 0.1) is 6.92 Å². The van der Waals surface area contributed by atoms with Crippen molar-refractivity contribution in [1.29, 1.82) is 0 Å². The van der Waals surface area contributed by atoms with E-state index in [1.165, 1.54) is 0 Å². The third-order valence-corrected chi connectivity index (χ3v) is 3.52. The molecular formula is C12H12N4OS. The molecule has 3 aromatic heterocycles. The topological polar surface area (TPSA) is 56.7 Å². The summed E-state index contributed by atoms with van der Waals surface area (Å²) in [6, 6.07) is 3.93. The molecule has 0 atom stereocenters. The maximum Gasteiger partial charge on any atom is 0.258 e. The van der Waals surface area contributed by atoms with E-state index in [-0.39, 0.29) is 0 Å². The van der Waals surface area contributed by atoms with Crippen molar-refractivity contribution in [3.63, 3.8) is 0 Å². The molecule has 0 bridgehead atoms. The van der Waals surface area contributed by atoms with Gasteiger partial charge in [-0.05, 0) is 25.3 Å². The molecule has 0 aliphatic carbocycles. The SMILES string of the molecule is CCn1cc(-c2nnc(-c3cccs3)o2)c(C)n1. The number of thiophene rings is 1. The smallest absolute Gasteiger partial charge is 0.258 e. The van der Waals surface area contributed by atoms with Gasteiger partial charge in [-0.1, -0.05) is 6.07 Å². The van der Waals surface area contributed by atoms with Crippen LogP contribution in [0.1, 0.15) is 12.6 Å². The number of nitrogens with zero attached hydrogens (tertiary/aromatic N) is 4. The van der Waals surface area contributed by atoms with E-state index in [1.807, 2.05) is 42.2 Å². The summed E-state index contributed by atoms with van der Waals surface area (Å²) < 4.78 is 7.55. The monoisotopic (exact) mass is 260 g/mol. The molecule has 0 saturated carbocycles. The van der Waals surface area contributed by atoms with Gasteiger partial charge in [0.25, 0.3) is 11.8 Å². The molecule has 3 heterocycles. The van der Waals surface area contributed by atoms with Crippen LogP contribution < -0.4 is 0 Å². The molecule has 6 heteroatoms. The Labute approximate surface area is 108 Å². The van der Waals surface area contributed by atoms with Gasteiger partial charge in [0.15, 0.2) is 0 Å². The van der Waals surface area contributed by atoms with E-state index < -0.39 is 0 Å². The molecule has 0 aliphatic rings. The Morgan fingerprint density at radius 3 is 2.83 bits per heavy atom. The van der Waals surface area contributed by atoms with Crippen molar-refractivity contribution in [2.45, 2.75) is 20.4 Å². The van der Waals surface area contributed by atoms with E-state index >= 15 is 0 Å². The van der Waals surface area contributed by atoms with Gasteiger partial charge in [-0.25, -0.2) is 0 Å². The third-order valence-electron chi connectivity index (χ3n) is 2.66. The number of hydrogen-bond acceptors (Lipinski definition) is 5. The summed E-state index contributed by atoms with van der Waals surface area (Å²) in [7, 11) is 0. The predicted octanol–water partition coefficient (Wildman–Crippen LogP) is 2.99. The Hall–Kier alpha value is -1.95. The fraction of sp³-hybridized carbons (Fsp3) is 0.250. The average Bonchev–Trinajstić information content (AvgIpc) is 3.08. The summed E-state index contributed by atoms with van der Waals surface area (Å²) in [6.07, 6.45) is 1.93. The fourth-order valence-corrected chi connectivity index (χ4v) is 2.37. The van der Waals surface area contributed by atoms with Gasteiger partial charge in [-0.2, -0.15) is 5.10 Å². The second-order valence-electron chi connectivity index (χ2n) is 3.87. The first-order valence-electron chi connectivity index (χ1n) is 5.69. The van der Waals surface area contributed by atoms with Gasteiger partial charge in [-0.3, -0.25) is 4.68 Å². The van der Waals surface area contributed by atoms with Gasteiger partial charge in [0.05, 0.1) is 16.1 Å². The summed E-state index contributed by atoms with van der Waals surface area (Å²) in [5.41, 5.74) is 1.80. The van der Waals surface area contributed by atoms with E-state index in [4.69, 9.17) is 4.42 Å². The van der Waals surface area contributed by atoms with Crippen LogP contribution in [0.3, 0.4) is 0 Å². The van der Waals surface area contributed by atoms with Crippen LogP contribution in [0.15, 0.2) is 28.1 Å². The van der Waals surface area contributed by atoms with Crippen LogP contribution in [0.4, 0.5) is 0 Å². The minimum absolute atomic E-state index is 0.524. The average molecular weight is 260 g/mol.